The first-order chi connectivity index (χ1) is 11.1. The van der Waals surface area contributed by atoms with E-state index in [1.807, 2.05) is 0 Å². The molecule has 3 rings (SSSR count). The van der Waals surface area contributed by atoms with E-state index in [0.717, 1.165) is 32.5 Å². The average molecular weight is 318 g/mol. The van der Waals surface area contributed by atoms with Crippen molar-refractivity contribution < 1.29 is 9.72 Å². The minimum Gasteiger partial charge on any atom is -0.377 e. The quantitative estimate of drug-likeness (QED) is 0.663. The molecule has 1 aromatic carbocycles. The van der Waals surface area contributed by atoms with Gasteiger partial charge in [-0.05, 0) is 31.5 Å². The molecule has 1 aromatic rings. The van der Waals surface area contributed by atoms with Crippen molar-refractivity contribution in [2.24, 2.45) is 0 Å². The van der Waals surface area contributed by atoms with Crippen LogP contribution in [0.1, 0.15) is 30.1 Å². The van der Waals surface area contributed by atoms with Gasteiger partial charge in [-0.15, -0.1) is 0 Å². The molecule has 0 radical (unpaired) electrons. The van der Waals surface area contributed by atoms with Gasteiger partial charge in [0.1, 0.15) is 5.69 Å². The summed E-state index contributed by atoms with van der Waals surface area (Å²) in [6.07, 6.45) is 2.08. The van der Waals surface area contributed by atoms with E-state index in [4.69, 9.17) is 0 Å². The summed E-state index contributed by atoms with van der Waals surface area (Å²) in [5.74, 6) is -0.123. The maximum Gasteiger partial charge on any atom is 0.293 e. The third-order valence-electron chi connectivity index (χ3n) is 4.49. The van der Waals surface area contributed by atoms with E-state index in [-0.39, 0.29) is 11.6 Å². The molecule has 0 atom stereocenters. The number of anilines is 1. The molecule has 1 heterocycles. The third-order valence-corrected chi connectivity index (χ3v) is 4.49. The molecule has 0 bridgehead atoms. The average Bonchev–Trinajstić information content (AvgIpc) is 3.38. The van der Waals surface area contributed by atoms with E-state index in [1.54, 1.807) is 17.0 Å². The molecule has 1 N–H and O–H groups in total. The van der Waals surface area contributed by atoms with Gasteiger partial charge in [-0.3, -0.25) is 14.9 Å². The predicted molar refractivity (Wildman–Crippen MR) is 87.8 cm³/mol. The number of carbonyl (C=O) groups excluding carboxylic acids is 1. The monoisotopic (exact) mass is 318 g/mol. The van der Waals surface area contributed by atoms with Crippen LogP contribution >= 0.6 is 0 Å². The van der Waals surface area contributed by atoms with Crippen molar-refractivity contribution in [1.29, 1.82) is 0 Å². The minimum atomic E-state index is -0.420. The molecule has 1 aliphatic heterocycles. The van der Waals surface area contributed by atoms with Gasteiger partial charge in [-0.1, -0.05) is 6.92 Å². The van der Waals surface area contributed by atoms with Crippen molar-refractivity contribution in [3.8, 4) is 0 Å². The number of carbonyl (C=O) groups is 1. The summed E-state index contributed by atoms with van der Waals surface area (Å²) in [7, 11) is 0. The van der Waals surface area contributed by atoms with Crippen LogP contribution in [0.2, 0.25) is 0 Å². The standard InChI is InChI=1S/C16H22N4O3/c1-2-18-7-9-19(10-8-18)16(21)12-3-6-14(17-13-4-5-13)15(11-12)20(22)23/h3,6,11,13,17H,2,4-5,7-10H2,1H3. The predicted octanol–water partition coefficient (Wildman–Crippen LogP) is 1.95. The first kappa shape index (κ1) is 15.7. The van der Waals surface area contributed by atoms with Crippen LogP contribution < -0.4 is 5.32 Å². The molecule has 1 saturated carbocycles. The molecular formula is C16H22N4O3. The second-order valence-corrected chi connectivity index (χ2v) is 6.13. The maximum absolute atomic E-state index is 12.6. The Kier molecular flexibility index (Phi) is 4.47. The molecule has 7 heteroatoms. The van der Waals surface area contributed by atoms with E-state index in [1.165, 1.54) is 6.07 Å². The zero-order valence-corrected chi connectivity index (χ0v) is 13.3. The maximum atomic E-state index is 12.6. The SMILES string of the molecule is CCN1CCN(C(=O)c2ccc(NC3CC3)c([N+](=O)[O-])c2)CC1. The Balaban J connectivity index is 1.75. The van der Waals surface area contributed by atoms with Crippen LogP contribution in [-0.2, 0) is 0 Å². The molecular weight excluding hydrogens is 296 g/mol. The number of nitro benzene ring substituents is 1. The molecule has 124 valence electrons. The first-order valence-electron chi connectivity index (χ1n) is 8.15. The van der Waals surface area contributed by atoms with Crippen LogP contribution in [0.3, 0.4) is 0 Å². The van der Waals surface area contributed by atoms with E-state index in [0.29, 0.717) is 30.4 Å². The number of rotatable bonds is 5. The number of piperazine rings is 1. The zero-order valence-electron chi connectivity index (χ0n) is 13.3. The van der Waals surface area contributed by atoms with Crippen LogP contribution in [0, 0.1) is 10.1 Å². The van der Waals surface area contributed by atoms with Gasteiger partial charge in [0.2, 0.25) is 0 Å². The molecule has 0 unspecified atom stereocenters. The fourth-order valence-electron chi connectivity index (χ4n) is 2.84. The van der Waals surface area contributed by atoms with E-state index in [9.17, 15) is 14.9 Å². The fourth-order valence-corrected chi connectivity index (χ4v) is 2.84. The van der Waals surface area contributed by atoms with E-state index >= 15 is 0 Å². The lowest BCUT2D eigenvalue weighted by atomic mass is 10.1. The Bertz CT molecular complexity index is 607. The molecule has 1 aliphatic carbocycles. The Labute approximate surface area is 135 Å². The molecule has 1 amide bonds. The highest BCUT2D eigenvalue weighted by molar-refractivity contribution is 5.95. The largest absolute Gasteiger partial charge is 0.377 e. The van der Waals surface area contributed by atoms with Gasteiger partial charge in [0.25, 0.3) is 11.6 Å². The number of likely N-dealkylation sites (N-methyl/N-ethyl adjacent to an activating group) is 1. The second-order valence-electron chi connectivity index (χ2n) is 6.13. The van der Waals surface area contributed by atoms with Crippen molar-refractivity contribution in [3.05, 3.63) is 33.9 Å². The third kappa shape index (κ3) is 3.61. The summed E-state index contributed by atoms with van der Waals surface area (Å²) in [5.41, 5.74) is 0.878. The van der Waals surface area contributed by atoms with Crippen LogP contribution in [0.5, 0.6) is 0 Å². The number of benzene rings is 1. The van der Waals surface area contributed by atoms with Gasteiger partial charge >= 0.3 is 0 Å². The summed E-state index contributed by atoms with van der Waals surface area (Å²) >= 11 is 0. The summed E-state index contributed by atoms with van der Waals surface area (Å²) in [4.78, 5) is 27.5. The number of amides is 1. The Morgan fingerprint density at radius 3 is 2.57 bits per heavy atom. The summed E-state index contributed by atoms with van der Waals surface area (Å²) in [5, 5.41) is 14.4. The summed E-state index contributed by atoms with van der Waals surface area (Å²) in [6, 6.07) is 5.08. The number of hydrogen-bond acceptors (Lipinski definition) is 5. The molecule has 2 aliphatic rings. The number of hydrogen-bond donors (Lipinski definition) is 1. The Morgan fingerprint density at radius 2 is 2.00 bits per heavy atom. The van der Waals surface area contributed by atoms with Crippen LogP contribution in [0.15, 0.2) is 18.2 Å². The fraction of sp³-hybridized carbons (Fsp3) is 0.562. The van der Waals surface area contributed by atoms with Crippen molar-refractivity contribution in [1.82, 2.24) is 9.80 Å². The van der Waals surface area contributed by atoms with Crippen molar-refractivity contribution in [3.63, 3.8) is 0 Å². The van der Waals surface area contributed by atoms with Crippen molar-refractivity contribution >= 4 is 17.3 Å². The molecule has 23 heavy (non-hydrogen) atoms. The topological polar surface area (TPSA) is 78.7 Å². The van der Waals surface area contributed by atoms with Gasteiger partial charge in [0.15, 0.2) is 0 Å². The van der Waals surface area contributed by atoms with Gasteiger partial charge in [0.05, 0.1) is 4.92 Å². The highest BCUT2D eigenvalue weighted by Gasteiger charge is 2.27. The number of nitro groups is 1. The lowest BCUT2D eigenvalue weighted by molar-refractivity contribution is -0.384. The van der Waals surface area contributed by atoms with E-state index < -0.39 is 4.92 Å². The molecule has 0 aromatic heterocycles. The van der Waals surface area contributed by atoms with Gasteiger partial charge in [-0.25, -0.2) is 0 Å². The van der Waals surface area contributed by atoms with Crippen LogP contribution in [-0.4, -0.2) is 59.4 Å². The number of nitrogens with one attached hydrogen (secondary N) is 1. The lowest BCUT2D eigenvalue weighted by Gasteiger charge is -2.34. The Morgan fingerprint density at radius 1 is 1.30 bits per heavy atom. The lowest BCUT2D eigenvalue weighted by Crippen LogP contribution is -2.48. The molecule has 0 spiro atoms. The summed E-state index contributed by atoms with van der Waals surface area (Å²) < 4.78 is 0. The summed E-state index contributed by atoms with van der Waals surface area (Å²) in [6.45, 7) is 6.13. The van der Waals surface area contributed by atoms with Gasteiger partial charge in [-0.2, -0.15) is 0 Å². The van der Waals surface area contributed by atoms with E-state index in [2.05, 4.69) is 17.1 Å². The van der Waals surface area contributed by atoms with Gasteiger partial charge in [0, 0.05) is 43.9 Å². The second kappa shape index (κ2) is 6.54. The highest BCUT2D eigenvalue weighted by atomic mass is 16.6. The minimum absolute atomic E-state index is 0.0186. The number of nitrogens with zero attached hydrogens (tertiary/aromatic N) is 3. The Hall–Kier alpha value is -2.15. The normalized spacial score (nSPS) is 18.7. The van der Waals surface area contributed by atoms with Gasteiger partial charge < -0.3 is 15.1 Å². The zero-order chi connectivity index (χ0) is 16.4. The smallest absolute Gasteiger partial charge is 0.293 e. The van der Waals surface area contributed by atoms with Crippen molar-refractivity contribution in [2.75, 3.05) is 38.0 Å². The van der Waals surface area contributed by atoms with Crippen molar-refractivity contribution in [2.45, 2.75) is 25.8 Å². The first-order valence-corrected chi connectivity index (χ1v) is 8.15. The molecule has 1 saturated heterocycles. The highest BCUT2D eigenvalue weighted by Crippen LogP contribution is 2.31. The van der Waals surface area contributed by atoms with Crippen LogP contribution in [0.25, 0.3) is 0 Å². The molecule has 7 nitrogen and oxygen atoms in total. The molecule has 2 fully saturated rings. The van der Waals surface area contributed by atoms with Crippen LogP contribution in [0.4, 0.5) is 11.4 Å².